The normalized spacial score (nSPS) is 15.5. The summed E-state index contributed by atoms with van der Waals surface area (Å²) in [5.74, 6) is 0. The highest BCUT2D eigenvalue weighted by molar-refractivity contribution is 9.10. The van der Waals surface area contributed by atoms with E-state index in [1.54, 1.807) is 29.5 Å². The maximum absolute atomic E-state index is 13.0. The van der Waals surface area contributed by atoms with Crippen molar-refractivity contribution in [3.63, 3.8) is 0 Å². The molecule has 1 aromatic heterocycles. The monoisotopic (exact) mass is 525 g/mol. The number of rotatable bonds is 4. The maximum Gasteiger partial charge on any atom is 0.244 e. The number of hydrogen-bond donors (Lipinski definition) is 0. The van der Waals surface area contributed by atoms with Gasteiger partial charge in [-0.25, -0.2) is 13.4 Å². The van der Waals surface area contributed by atoms with Gasteiger partial charge in [-0.15, -0.1) is 11.3 Å². The molecule has 0 unspecified atom stereocenters. The summed E-state index contributed by atoms with van der Waals surface area (Å²) in [6, 6.07) is 11.2. The highest BCUT2D eigenvalue weighted by Crippen LogP contribution is 2.31. The zero-order chi connectivity index (χ0) is 21.5. The molecule has 0 aliphatic carbocycles. The second-order valence-electron chi connectivity index (χ2n) is 7.28. The zero-order valence-corrected chi connectivity index (χ0v) is 20.6. The summed E-state index contributed by atoms with van der Waals surface area (Å²) in [6.07, 6.45) is 0. The van der Waals surface area contributed by atoms with Gasteiger partial charge in [0.25, 0.3) is 0 Å². The van der Waals surface area contributed by atoms with E-state index in [0.717, 1.165) is 20.9 Å². The quantitative estimate of drug-likeness (QED) is 0.460. The molecule has 158 valence electrons. The van der Waals surface area contributed by atoms with Crippen molar-refractivity contribution in [3.8, 4) is 11.3 Å². The lowest BCUT2D eigenvalue weighted by atomic mass is 10.1. The van der Waals surface area contributed by atoms with E-state index in [1.807, 2.05) is 0 Å². The van der Waals surface area contributed by atoms with Crippen molar-refractivity contribution in [1.29, 1.82) is 0 Å². The minimum Gasteiger partial charge on any atom is -0.345 e. The number of anilines is 1. The number of sulfonamides is 1. The predicted molar refractivity (Wildman–Crippen MR) is 127 cm³/mol. The van der Waals surface area contributed by atoms with Gasteiger partial charge in [0, 0.05) is 41.6 Å². The largest absolute Gasteiger partial charge is 0.345 e. The van der Waals surface area contributed by atoms with Crippen LogP contribution in [0.4, 0.5) is 5.13 Å². The highest BCUT2D eigenvalue weighted by Gasteiger charge is 2.31. The fourth-order valence-corrected chi connectivity index (χ4v) is 6.71. The standard InChI is InChI=1S/C21H21BrClN3O2S2/c1-14-3-4-16(11-15(14)2)19-13-29-21(24-19)25-7-9-26(10-8-25)30(27,28)20-6-5-17(22)12-18(20)23/h3-6,11-13H,7-10H2,1-2H3. The van der Waals surface area contributed by atoms with Crippen LogP contribution in [0.5, 0.6) is 0 Å². The van der Waals surface area contributed by atoms with E-state index in [9.17, 15) is 8.42 Å². The lowest BCUT2D eigenvalue weighted by Crippen LogP contribution is -2.48. The molecule has 5 nitrogen and oxygen atoms in total. The van der Waals surface area contributed by atoms with E-state index < -0.39 is 10.0 Å². The van der Waals surface area contributed by atoms with Crippen LogP contribution < -0.4 is 4.90 Å². The van der Waals surface area contributed by atoms with Gasteiger partial charge in [-0.05, 0) is 49.2 Å². The van der Waals surface area contributed by atoms with Crippen molar-refractivity contribution < 1.29 is 8.42 Å². The van der Waals surface area contributed by atoms with Gasteiger partial charge in [-0.1, -0.05) is 39.7 Å². The Morgan fingerprint density at radius 1 is 1.03 bits per heavy atom. The van der Waals surface area contributed by atoms with Crippen molar-refractivity contribution >= 4 is 54.0 Å². The summed E-state index contributed by atoms with van der Waals surface area (Å²) in [6.45, 7) is 6.17. The highest BCUT2D eigenvalue weighted by atomic mass is 79.9. The number of aryl methyl sites for hydroxylation is 2. The Morgan fingerprint density at radius 3 is 2.43 bits per heavy atom. The van der Waals surface area contributed by atoms with Gasteiger partial charge in [0.15, 0.2) is 5.13 Å². The number of halogens is 2. The van der Waals surface area contributed by atoms with Crippen molar-refractivity contribution in [2.45, 2.75) is 18.7 Å². The van der Waals surface area contributed by atoms with E-state index in [-0.39, 0.29) is 9.92 Å². The van der Waals surface area contributed by atoms with Crippen LogP contribution in [-0.4, -0.2) is 43.9 Å². The average molecular weight is 527 g/mol. The molecule has 1 saturated heterocycles. The zero-order valence-electron chi connectivity index (χ0n) is 16.6. The van der Waals surface area contributed by atoms with Crippen LogP contribution in [0.25, 0.3) is 11.3 Å². The molecular weight excluding hydrogens is 506 g/mol. The van der Waals surface area contributed by atoms with Crippen LogP contribution in [0, 0.1) is 13.8 Å². The Bertz CT molecular complexity index is 1190. The van der Waals surface area contributed by atoms with Gasteiger partial charge in [0.05, 0.1) is 10.7 Å². The first-order valence-electron chi connectivity index (χ1n) is 9.49. The number of aromatic nitrogens is 1. The molecule has 2 heterocycles. The third kappa shape index (κ3) is 4.29. The number of nitrogens with zero attached hydrogens (tertiary/aromatic N) is 3. The molecule has 0 radical (unpaired) electrons. The van der Waals surface area contributed by atoms with Crippen molar-refractivity contribution in [1.82, 2.24) is 9.29 Å². The van der Waals surface area contributed by atoms with Crippen LogP contribution in [-0.2, 0) is 10.0 Å². The topological polar surface area (TPSA) is 53.5 Å². The maximum atomic E-state index is 13.0. The molecule has 0 amide bonds. The van der Waals surface area contributed by atoms with E-state index in [2.05, 4.69) is 58.3 Å². The summed E-state index contributed by atoms with van der Waals surface area (Å²) < 4.78 is 28.3. The lowest BCUT2D eigenvalue weighted by Gasteiger charge is -2.33. The second-order valence-corrected chi connectivity index (χ2v) is 11.3. The Kier molecular flexibility index (Phi) is 6.23. The third-order valence-corrected chi connectivity index (χ3v) is 9.09. The number of thiazole rings is 1. The van der Waals surface area contributed by atoms with Crippen molar-refractivity contribution in [2.75, 3.05) is 31.1 Å². The van der Waals surface area contributed by atoms with Gasteiger partial charge in [-0.2, -0.15) is 4.31 Å². The van der Waals surface area contributed by atoms with Crippen molar-refractivity contribution in [2.24, 2.45) is 0 Å². The summed E-state index contributed by atoms with van der Waals surface area (Å²) in [5, 5.41) is 3.20. The molecule has 9 heteroatoms. The fourth-order valence-electron chi connectivity index (χ4n) is 3.39. The molecule has 1 aliphatic heterocycles. The summed E-state index contributed by atoms with van der Waals surface area (Å²) in [4.78, 5) is 7.08. The summed E-state index contributed by atoms with van der Waals surface area (Å²) >= 11 is 11.1. The minimum atomic E-state index is -3.62. The molecule has 1 aliphatic rings. The molecule has 2 aromatic carbocycles. The van der Waals surface area contributed by atoms with Gasteiger partial charge in [-0.3, -0.25) is 0 Å². The van der Waals surface area contributed by atoms with Gasteiger partial charge in [0.2, 0.25) is 10.0 Å². The Morgan fingerprint density at radius 2 is 1.77 bits per heavy atom. The summed E-state index contributed by atoms with van der Waals surface area (Å²) in [5.41, 5.74) is 4.56. The van der Waals surface area contributed by atoms with E-state index in [1.165, 1.54) is 15.4 Å². The average Bonchev–Trinajstić information content (AvgIpc) is 3.20. The first kappa shape index (κ1) is 21.8. The Balaban J connectivity index is 1.47. The van der Waals surface area contributed by atoms with Crippen LogP contribution in [0.2, 0.25) is 5.02 Å². The van der Waals surface area contributed by atoms with Crippen molar-refractivity contribution in [3.05, 3.63) is 62.4 Å². The molecule has 3 aromatic rings. The first-order chi connectivity index (χ1) is 14.3. The van der Waals surface area contributed by atoms with Crippen LogP contribution in [0.1, 0.15) is 11.1 Å². The molecule has 1 fully saturated rings. The molecule has 0 atom stereocenters. The SMILES string of the molecule is Cc1ccc(-c2csc(N3CCN(S(=O)(=O)c4ccc(Br)cc4Cl)CC3)n2)cc1C. The van der Waals surface area contributed by atoms with E-state index >= 15 is 0 Å². The van der Waals surface area contributed by atoms with Gasteiger partial charge < -0.3 is 4.90 Å². The lowest BCUT2D eigenvalue weighted by molar-refractivity contribution is 0.385. The Hall–Kier alpha value is -1.45. The molecular formula is C21H21BrClN3O2S2. The predicted octanol–water partition coefficient (Wildman–Crippen LogP) is 5.35. The van der Waals surface area contributed by atoms with E-state index in [4.69, 9.17) is 16.6 Å². The van der Waals surface area contributed by atoms with Gasteiger partial charge in [0.1, 0.15) is 4.90 Å². The summed E-state index contributed by atoms with van der Waals surface area (Å²) in [7, 11) is -3.62. The first-order valence-corrected chi connectivity index (χ1v) is 13.0. The molecule has 0 spiro atoms. The third-order valence-electron chi connectivity index (χ3n) is 5.32. The molecule has 30 heavy (non-hydrogen) atoms. The smallest absolute Gasteiger partial charge is 0.244 e. The molecule has 0 saturated carbocycles. The number of piperazine rings is 1. The molecule has 0 N–H and O–H groups in total. The fraction of sp³-hybridized carbons (Fsp3) is 0.286. The van der Waals surface area contributed by atoms with Crippen LogP contribution >= 0.6 is 38.9 Å². The Labute approximate surface area is 194 Å². The number of benzene rings is 2. The van der Waals surface area contributed by atoms with Gasteiger partial charge >= 0.3 is 0 Å². The van der Waals surface area contributed by atoms with Crippen LogP contribution in [0.15, 0.2) is 51.1 Å². The van der Waals surface area contributed by atoms with Crippen LogP contribution in [0.3, 0.4) is 0 Å². The van der Waals surface area contributed by atoms with E-state index in [0.29, 0.717) is 26.2 Å². The number of hydrogen-bond acceptors (Lipinski definition) is 5. The second kappa shape index (κ2) is 8.59. The minimum absolute atomic E-state index is 0.145. The molecule has 0 bridgehead atoms. The molecule has 4 rings (SSSR count).